The van der Waals surface area contributed by atoms with E-state index in [0.717, 1.165) is 28.6 Å². The van der Waals surface area contributed by atoms with Gasteiger partial charge in [0.25, 0.3) is 0 Å². The molecule has 19 heavy (non-hydrogen) atoms. The van der Waals surface area contributed by atoms with Gasteiger partial charge in [0.05, 0.1) is 29.3 Å². The highest BCUT2D eigenvalue weighted by Gasteiger charge is 2.11. The Kier molecular flexibility index (Phi) is 2.82. The number of aryl methyl sites for hydroxylation is 4. The van der Waals surface area contributed by atoms with E-state index in [1.807, 2.05) is 24.9 Å². The van der Waals surface area contributed by atoms with Crippen molar-refractivity contribution in [1.82, 2.24) is 19.2 Å². The highest BCUT2D eigenvalue weighted by molar-refractivity contribution is 7.17. The molecule has 0 spiro atoms. The molecule has 1 N–H and O–H groups in total. The molecule has 0 aliphatic carbocycles. The predicted octanol–water partition coefficient (Wildman–Crippen LogP) is 2.67. The Hall–Kier alpha value is -1.82. The van der Waals surface area contributed by atoms with Crippen LogP contribution >= 0.6 is 11.3 Å². The van der Waals surface area contributed by atoms with Gasteiger partial charge in [0.2, 0.25) is 0 Å². The van der Waals surface area contributed by atoms with Gasteiger partial charge in [-0.15, -0.1) is 11.3 Å². The van der Waals surface area contributed by atoms with E-state index in [-0.39, 0.29) is 0 Å². The van der Waals surface area contributed by atoms with Crippen molar-refractivity contribution in [2.75, 3.05) is 5.32 Å². The summed E-state index contributed by atoms with van der Waals surface area (Å²) in [7, 11) is 1.93. The number of rotatable bonds is 3. The van der Waals surface area contributed by atoms with E-state index in [2.05, 4.69) is 39.8 Å². The molecule has 0 aliphatic heterocycles. The molecule has 0 saturated carbocycles. The lowest BCUT2D eigenvalue weighted by Gasteiger charge is -2.05. The summed E-state index contributed by atoms with van der Waals surface area (Å²) in [5.74, 6) is 0. The van der Waals surface area contributed by atoms with Crippen molar-refractivity contribution in [3.05, 3.63) is 34.4 Å². The number of nitrogens with one attached hydrogen (secondary N) is 1. The first-order valence-electron chi connectivity index (χ1n) is 6.22. The van der Waals surface area contributed by atoms with Crippen LogP contribution in [0.1, 0.15) is 22.0 Å². The second kappa shape index (κ2) is 4.38. The second-order valence-corrected chi connectivity index (χ2v) is 6.01. The van der Waals surface area contributed by atoms with Crippen molar-refractivity contribution in [1.29, 1.82) is 0 Å². The van der Waals surface area contributed by atoms with Gasteiger partial charge in [-0.1, -0.05) is 0 Å². The fraction of sp³-hybridized carbons (Fsp3) is 0.385. The van der Waals surface area contributed by atoms with Crippen molar-refractivity contribution in [2.45, 2.75) is 27.3 Å². The molecule has 5 nitrogen and oxygen atoms in total. The molecular weight excluding hydrogens is 258 g/mol. The molecule has 0 aromatic carbocycles. The van der Waals surface area contributed by atoms with E-state index in [4.69, 9.17) is 0 Å². The molecule has 0 saturated heterocycles. The van der Waals surface area contributed by atoms with Gasteiger partial charge in [-0.2, -0.15) is 5.10 Å². The fourth-order valence-electron chi connectivity index (χ4n) is 2.27. The highest BCUT2D eigenvalue weighted by atomic mass is 32.1. The molecule has 6 heteroatoms. The van der Waals surface area contributed by atoms with Crippen LogP contribution in [0.25, 0.3) is 4.96 Å². The highest BCUT2D eigenvalue weighted by Crippen LogP contribution is 2.22. The Morgan fingerprint density at radius 2 is 2.00 bits per heavy atom. The van der Waals surface area contributed by atoms with E-state index < -0.39 is 0 Å². The third kappa shape index (κ3) is 2.12. The predicted molar refractivity (Wildman–Crippen MR) is 77.8 cm³/mol. The normalized spacial score (nSPS) is 11.4. The Morgan fingerprint density at radius 1 is 1.21 bits per heavy atom. The van der Waals surface area contributed by atoms with E-state index in [1.165, 1.54) is 10.6 Å². The Bertz CT molecular complexity index is 734. The number of aromatic nitrogens is 4. The molecule has 0 unspecified atom stereocenters. The molecule has 3 rings (SSSR count). The molecule has 100 valence electrons. The summed E-state index contributed by atoms with van der Waals surface area (Å²) in [5.41, 5.74) is 4.38. The number of imidazole rings is 1. The van der Waals surface area contributed by atoms with Gasteiger partial charge in [-0.05, 0) is 20.8 Å². The first kappa shape index (κ1) is 12.2. The first-order valence-corrected chi connectivity index (χ1v) is 7.04. The molecule has 3 aromatic heterocycles. The van der Waals surface area contributed by atoms with Crippen LogP contribution in [-0.2, 0) is 13.6 Å². The van der Waals surface area contributed by atoms with Gasteiger partial charge in [-0.25, -0.2) is 4.98 Å². The molecule has 3 heterocycles. The minimum absolute atomic E-state index is 0.760. The lowest BCUT2D eigenvalue weighted by atomic mass is 10.3. The molecule has 0 bridgehead atoms. The minimum Gasteiger partial charge on any atom is -0.377 e. The zero-order chi connectivity index (χ0) is 13.6. The quantitative estimate of drug-likeness (QED) is 0.799. The summed E-state index contributed by atoms with van der Waals surface area (Å²) in [4.78, 5) is 6.94. The van der Waals surface area contributed by atoms with Crippen LogP contribution in [0.15, 0.2) is 12.4 Å². The summed E-state index contributed by atoms with van der Waals surface area (Å²) in [6.45, 7) is 6.94. The van der Waals surface area contributed by atoms with E-state index in [9.17, 15) is 0 Å². The Balaban J connectivity index is 1.88. The van der Waals surface area contributed by atoms with Crippen LogP contribution in [0, 0.1) is 20.8 Å². The molecule has 3 aromatic rings. The van der Waals surface area contributed by atoms with E-state index in [0.29, 0.717) is 0 Å². The van der Waals surface area contributed by atoms with Gasteiger partial charge < -0.3 is 5.32 Å². The van der Waals surface area contributed by atoms with Crippen molar-refractivity contribution in [2.24, 2.45) is 7.05 Å². The standard InChI is InChI=1S/C13H17N5S/c1-8-6-18-12(10(3)15-13(18)19-8)5-14-11-7-17(4)16-9(11)2/h6-7,14H,5H2,1-4H3. The lowest BCUT2D eigenvalue weighted by Crippen LogP contribution is -2.03. The summed E-state index contributed by atoms with van der Waals surface area (Å²) in [6, 6.07) is 0. The number of hydrogen-bond donors (Lipinski definition) is 1. The number of thiazole rings is 1. The third-order valence-electron chi connectivity index (χ3n) is 3.20. The Morgan fingerprint density at radius 3 is 2.68 bits per heavy atom. The molecule has 0 atom stereocenters. The number of fused-ring (bicyclic) bond motifs is 1. The van der Waals surface area contributed by atoms with Gasteiger partial charge in [0, 0.05) is 24.3 Å². The van der Waals surface area contributed by atoms with Crippen molar-refractivity contribution in [3.63, 3.8) is 0 Å². The van der Waals surface area contributed by atoms with Crippen molar-refractivity contribution in [3.8, 4) is 0 Å². The number of anilines is 1. The molecule has 0 fully saturated rings. The fourth-order valence-corrected chi connectivity index (χ4v) is 3.16. The smallest absolute Gasteiger partial charge is 0.194 e. The maximum absolute atomic E-state index is 4.59. The SMILES string of the molecule is Cc1cn2c(CNc3cn(C)nc3C)c(C)nc2s1. The lowest BCUT2D eigenvalue weighted by molar-refractivity contribution is 0.756. The van der Waals surface area contributed by atoms with E-state index in [1.54, 1.807) is 11.3 Å². The van der Waals surface area contributed by atoms with Crippen molar-refractivity contribution < 1.29 is 0 Å². The van der Waals surface area contributed by atoms with Gasteiger partial charge in [-0.3, -0.25) is 9.08 Å². The summed E-state index contributed by atoms with van der Waals surface area (Å²) >= 11 is 1.72. The molecule has 0 amide bonds. The average molecular weight is 275 g/mol. The van der Waals surface area contributed by atoms with Crippen LogP contribution in [0.5, 0.6) is 0 Å². The van der Waals surface area contributed by atoms with Crippen LogP contribution in [0.3, 0.4) is 0 Å². The zero-order valence-corrected chi connectivity index (χ0v) is 12.4. The molecule has 0 radical (unpaired) electrons. The monoisotopic (exact) mass is 275 g/mol. The van der Waals surface area contributed by atoms with Crippen LogP contribution in [-0.4, -0.2) is 19.2 Å². The average Bonchev–Trinajstić information content (AvgIpc) is 2.90. The maximum Gasteiger partial charge on any atom is 0.194 e. The van der Waals surface area contributed by atoms with Crippen molar-refractivity contribution >= 4 is 22.0 Å². The summed E-state index contributed by atoms with van der Waals surface area (Å²) in [5, 5.41) is 7.77. The summed E-state index contributed by atoms with van der Waals surface area (Å²) < 4.78 is 4.00. The van der Waals surface area contributed by atoms with Gasteiger partial charge in [0.1, 0.15) is 0 Å². The molecule has 0 aliphatic rings. The topological polar surface area (TPSA) is 47.1 Å². The van der Waals surface area contributed by atoms with Gasteiger partial charge in [0.15, 0.2) is 4.96 Å². The van der Waals surface area contributed by atoms with Crippen LogP contribution in [0.2, 0.25) is 0 Å². The van der Waals surface area contributed by atoms with Gasteiger partial charge >= 0.3 is 0 Å². The number of hydrogen-bond acceptors (Lipinski definition) is 4. The second-order valence-electron chi connectivity index (χ2n) is 4.79. The number of nitrogens with zero attached hydrogens (tertiary/aromatic N) is 4. The van der Waals surface area contributed by atoms with E-state index >= 15 is 0 Å². The van der Waals surface area contributed by atoms with Crippen LogP contribution in [0.4, 0.5) is 5.69 Å². The maximum atomic E-state index is 4.59. The third-order valence-corrected chi connectivity index (χ3v) is 4.10. The summed E-state index contributed by atoms with van der Waals surface area (Å²) in [6.07, 6.45) is 4.15. The first-order chi connectivity index (χ1) is 9.04. The Labute approximate surface area is 115 Å². The largest absolute Gasteiger partial charge is 0.377 e. The van der Waals surface area contributed by atoms with Crippen LogP contribution < -0.4 is 5.32 Å². The zero-order valence-electron chi connectivity index (χ0n) is 11.6. The molecular formula is C13H17N5S. The minimum atomic E-state index is 0.760.